The molecule has 3 rings (SSSR count). The summed E-state index contributed by atoms with van der Waals surface area (Å²) in [5.74, 6) is 0.988. The molecule has 0 spiro atoms. The molecule has 0 fully saturated rings. The highest BCUT2D eigenvalue weighted by molar-refractivity contribution is 9.10. The maximum absolute atomic E-state index is 6.37. The Bertz CT molecular complexity index is 634. The Kier molecular flexibility index (Phi) is 3.35. The van der Waals surface area contributed by atoms with Gasteiger partial charge in [0.2, 0.25) is 0 Å². The molecule has 2 nitrogen and oxygen atoms in total. The third-order valence-electron chi connectivity index (χ3n) is 3.68. The van der Waals surface area contributed by atoms with Gasteiger partial charge in [-0.25, -0.2) is 0 Å². The van der Waals surface area contributed by atoms with Crippen LogP contribution in [-0.2, 0) is 6.42 Å². The molecule has 0 aromatic heterocycles. The van der Waals surface area contributed by atoms with Crippen LogP contribution in [0.15, 0.2) is 46.9 Å². The van der Waals surface area contributed by atoms with Gasteiger partial charge < -0.3 is 10.5 Å². The van der Waals surface area contributed by atoms with Crippen LogP contribution in [0.5, 0.6) is 5.75 Å². The van der Waals surface area contributed by atoms with E-state index in [2.05, 4.69) is 54.0 Å². The number of nitrogens with two attached hydrogens (primary N) is 1. The number of halogens is 1. The van der Waals surface area contributed by atoms with Crippen LogP contribution in [0.3, 0.4) is 0 Å². The summed E-state index contributed by atoms with van der Waals surface area (Å²) in [5, 5.41) is 0. The molecule has 1 atom stereocenters. The fraction of sp³-hybridized carbons (Fsp3) is 0.294. The van der Waals surface area contributed by atoms with Crippen LogP contribution in [0.2, 0.25) is 0 Å². The molecule has 0 bridgehead atoms. The minimum atomic E-state index is -0.108. The van der Waals surface area contributed by atoms with Gasteiger partial charge in [-0.1, -0.05) is 40.2 Å². The maximum Gasteiger partial charge on any atom is 0.123 e. The number of hydrogen-bond donors (Lipinski definition) is 1. The average molecular weight is 332 g/mol. The van der Waals surface area contributed by atoms with E-state index in [-0.39, 0.29) is 11.6 Å². The highest BCUT2D eigenvalue weighted by atomic mass is 79.9. The number of ether oxygens (including phenoxy) is 1. The summed E-state index contributed by atoms with van der Waals surface area (Å²) in [4.78, 5) is 0. The molecule has 1 heterocycles. The van der Waals surface area contributed by atoms with Crippen molar-refractivity contribution in [2.45, 2.75) is 31.9 Å². The molecule has 3 heteroatoms. The first-order chi connectivity index (χ1) is 9.44. The van der Waals surface area contributed by atoms with Gasteiger partial charge in [-0.05, 0) is 48.7 Å². The van der Waals surface area contributed by atoms with Crippen molar-refractivity contribution in [3.05, 3.63) is 63.6 Å². The Balaban J connectivity index is 1.90. The summed E-state index contributed by atoms with van der Waals surface area (Å²) >= 11 is 3.45. The molecule has 0 radical (unpaired) electrons. The predicted octanol–water partition coefficient (Wildman–Crippen LogP) is 4.21. The van der Waals surface area contributed by atoms with Gasteiger partial charge in [0, 0.05) is 10.9 Å². The lowest BCUT2D eigenvalue weighted by Gasteiger charge is -2.16. The van der Waals surface area contributed by atoms with Crippen LogP contribution < -0.4 is 10.5 Å². The molecule has 1 aliphatic rings. The standard InChI is InChI=1S/C17H18BrNO/c1-17(2)10-13-9-12(5-8-15(13)20-17)16(19)11-3-6-14(18)7-4-11/h3-9,16H,10,19H2,1-2H3. The maximum atomic E-state index is 6.37. The van der Waals surface area contributed by atoms with E-state index in [1.54, 1.807) is 0 Å². The van der Waals surface area contributed by atoms with E-state index in [1.807, 2.05) is 18.2 Å². The molecule has 0 saturated carbocycles. The number of hydrogen-bond acceptors (Lipinski definition) is 2. The van der Waals surface area contributed by atoms with Crippen LogP contribution in [0.4, 0.5) is 0 Å². The largest absolute Gasteiger partial charge is 0.487 e. The van der Waals surface area contributed by atoms with E-state index in [9.17, 15) is 0 Å². The second-order valence-electron chi connectivity index (χ2n) is 5.93. The zero-order valence-electron chi connectivity index (χ0n) is 11.7. The molecule has 2 aromatic carbocycles. The minimum absolute atomic E-state index is 0.0999. The molecule has 1 aliphatic heterocycles. The summed E-state index contributed by atoms with van der Waals surface area (Å²) in [6, 6.07) is 14.3. The van der Waals surface area contributed by atoms with E-state index in [0.717, 1.165) is 27.8 Å². The van der Waals surface area contributed by atoms with Crippen molar-refractivity contribution < 1.29 is 4.74 Å². The lowest BCUT2D eigenvalue weighted by molar-refractivity contribution is 0.138. The summed E-state index contributed by atoms with van der Waals surface area (Å²) in [7, 11) is 0. The van der Waals surface area contributed by atoms with Crippen molar-refractivity contribution in [3.8, 4) is 5.75 Å². The summed E-state index contributed by atoms with van der Waals surface area (Å²) in [5.41, 5.74) is 9.76. The minimum Gasteiger partial charge on any atom is -0.487 e. The van der Waals surface area contributed by atoms with Crippen molar-refractivity contribution in [1.29, 1.82) is 0 Å². The summed E-state index contributed by atoms with van der Waals surface area (Å²) in [6.45, 7) is 4.22. The Morgan fingerprint density at radius 1 is 1.10 bits per heavy atom. The Hall–Kier alpha value is -1.32. The lowest BCUT2D eigenvalue weighted by atomic mass is 9.95. The second kappa shape index (κ2) is 4.90. The van der Waals surface area contributed by atoms with Gasteiger partial charge in [-0.2, -0.15) is 0 Å². The van der Waals surface area contributed by atoms with Gasteiger partial charge in [-0.15, -0.1) is 0 Å². The zero-order valence-corrected chi connectivity index (χ0v) is 13.3. The smallest absolute Gasteiger partial charge is 0.123 e. The van der Waals surface area contributed by atoms with Crippen molar-refractivity contribution in [1.82, 2.24) is 0 Å². The Morgan fingerprint density at radius 3 is 2.45 bits per heavy atom. The molecule has 104 valence electrons. The quantitative estimate of drug-likeness (QED) is 0.894. The first-order valence-corrected chi connectivity index (χ1v) is 7.57. The molecular formula is C17H18BrNO. The van der Waals surface area contributed by atoms with Crippen LogP contribution in [0.1, 0.15) is 36.6 Å². The Labute approximate surface area is 128 Å². The van der Waals surface area contributed by atoms with Crippen molar-refractivity contribution in [2.24, 2.45) is 5.73 Å². The van der Waals surface area contributed by atoms with Gasteiger partial charge in [0.05, 0.1) is 6.04 Å². The summed E-state index contributed by atoms with van der Waals surface area (Å²) in [6.07, 6.45) is 0.934. The topological polar surface area (TPSA) is 35.2 Å². The SMILES string of the molecule is CC1(C)Cc2cc(C(N)c3ccc(Br)cc3)ccc2O1. The van der Waals surface area contributed by atoms with Crippen molar-refractivity contribution in [2.75, 3.05) is 0 Å². The third kappa shape index (κ3) is 2.60. The fourth-order valence-electron chi connectivity index (χ4n) is 2.69. The molecule has 0 amide bonds. The lowest BCUT2D eigenvalue weighted by Crippen LogP contribution is -2.24. The predicted molar refractivity (Wildman–Crippen MR) is 85.0 cm³/mol. The van der Waals surface area contributed by atoms with Gasteiger partial charge in [0.1, 0.15) is 11.4 Å². The van der Waals surface area contributed by atoms with Gasteiger partial charge in [-0.3, -0.25) is 0 Å². The monoisotopic (exact) mass is 331 g/mol. The van der Waals surface area contributed by atoms with E-state index in [4.69, 9.17) is 10.5 Å². The molecule has 0 saturated heterocycles. The number of rotatable bonds is 2. The van der Waals surface area contributed by atoms with E-state index in [1.165, 1.54) is 5.56 Å². The first kappa shape index (κ1) is 13.7. The van der Waals surface area contributed by atoms with E-state index in [0.29, 0.717) is 0 Å². The first-order valence-electron chi connectivity index (χ1n) is 6.77. The molecule has 1 unspecified atom stereocenters. The highest BCUT2D eigenvalue weighted by Gasteiger charge is 2.30. The highest BCUT2D eigenvalue weighted by Crippen LogP contribution is 2.36. The normalized spacial score (nSPS) is 17.4. The molecule has 2 N–H and O–H groups in total. The van der Waals surface area contributed by atoms with Gasteiger partial charge >= 0.3 is 0 Å². The van der Waals surface area contributed by atoms with Crippen LogP contribution in [-0.4, -0.2) is 5.60 Å². The average Bonchev–Trinajstić information content (AvgIpc) is 2.71. The molecular weight excluding hydrogens is 314 g/mol. The third-order valence-corrected chi connectivity index (χ3v) is 4.20. The molecule has 20 heavy (non-hydrogen) atoms. The van der Waals surface area contributed by atoms with Crippen molar-refractivity contribution in [3.63, 3.8) is 0 Å². The Morgan fingerprint density at radius 2 is 1.75 bits per heavy atom. The zero-order chi connectivity index (χ0) is 14.3. The van der Waals surface area contributed by atoms with Crippen molar-refractivity contribution >= 4 is 15.9 Å². The van der Waals surface area contributed by atoms with Gasteiger partial charge in [0.25, 0.3) is 0 Å². The van der Waals surface area contributed by atoms with E-state index >= 15 is 0 Å². The molecule has 2 aromatic rings. The summed E-state index contributed by atoms with van der Waals surface area (Å²) < 4.78 is 6.97. The van der Waals surface area contributed by atoms with E-state index < -0.39 is 0 Å². The second-order valence-corrected chi connectivity index (χ2v) is 6.85. The number of benzene rings is 2. The number of fused-ring (bicyclic) bond motifs is 1. The van der Waals surface area contributed by atoms with Crippen LogP contribution in [0.25, 0.3) is 0 Å². The van der Waals surface area contributed by atoms with Crippen LogP contribution in [0, 0.1) is 0 Å². The molecule has 0 aliphatic carbocycles. The van der Waals surface area contributed by atoms with Crippen LogP contribution >= 0.6 is 15.9 Å². The van der Waals surface area contributed by atoms with Gasteiger partial charge in [0.15, 0.2) is 0 Å². The fourth-order valence-corrected chi connectivity index (χ4v) is 2.95.